The fourth-order valence-electron chi connectivity index (χ4n) is 4.75. The second-order valence-electron chi connectivity index (χ2n) is 10.1. The zero-order chi connectivity index (χ0) is 27.1. The number of halogens is 1. The lowest BCUT2D eigenvalue weighted by Gasteiger charge is -2.29. The molecule has 0 unspecified atom stereocenters. The molecule has 2 aromatic carbocycles. The van der Waals surface area contributed by atoms with Gasteiger partial charge in [0.2, 0.25) is 0 Å². The molecule has 1 aliphatic rings. The third-order valence-corrected chi connectivity index (χ3v) is 7.11. The molecule has 9 heteroatoms. The molecular formula is C30H30FN7O. The minimum atomic E-state index is -0.361. The minimum Gasteiger partial charge on any atom is -0.378 e. The molecular weight excluding hydrogens is 493 g/mol. The third-order valence-electron chi connectivity index (χ3n) is 7.11. The number of benzene rings is 2. The van der Waals surface area contributed by atoms with E-state index in [9.17, 15) is 0 Å². The van der Waals surface area contributed by atoms with Gasteiger partial charge in [-0.2, -0.15) is 5.10 Å². The topological polar surface area (TPSA) is 81.9 Å². The van der Waals surface area contributed by atoms with Gasteiger partial charge in [-0.25, -0.2) is 24.3 Å². The van der Waals surface area contributed by atoms with E-state index in [0.717, 1.165) is 46.9 Å². The zero-order valence-electron chi connectivity index (χ0n) is 22.5. The first-order valence-electron chi connectivity index (χ1n) is 13.2. The number of aromatic nitrogens is 6. The first kappa shape index (κ1) is 25.1. The molecule has 1 aliphatic heterocycles. The molecule has 6 rings (SSSR count). The van der Waals surface area contributed by atoms with Gasteiger partial charge in [-0.05, 0) is 57.5 Å². The van der Waals surface area contributed by atoms with E-state index < -0.39 is 0 Å². The average molecular weight is 524 g/mol. The van der Waals surface area contributed by atoms with Gasteiger partial charge >= 0.3 is 0 Å². The van der Waals surface area contributed by atoms with E-state index in [1.165, 1.54) is 0 Å². The van der Waals surface area contributed by atoms with Gasteiger partial charge in [0.15, 0.2) is 11.5 Å². The van der Waals surface area contributed by atoms with Crippen LogP contribution >= 0.6 is 0 Å². The van der Waals surface area contributed by atoms with E-state index >= 15 is 4.39 Å². The number of hydrogen-bond donors (Lipinski definition) is 0. The highest BCUT2D eigenvalue weighted by Crippen LogP contribution is 2.33. The number of ether oxygens (including phenoxy) is 1. The number of fused-ring (bicyclic) bond motifs is 1. The number of hydrogen-bond acceptors (Lipinski definition) is 7. The molecule has 0 spiro atoms. The molecule has 0 radical (unpaired) electrons. The van der Waals surface area contributed by atoms with Gasteiger partial charge in [0.25, 0.3) is 0 Å². The second kappa shape index (κ2) is 10.1. The van der Waals surface area contributed by atoms with Crippen molar-refractivity contribution in [2.24, 2.45) is 0 Å². The van der Waals surface area contributed by atoms with Crippen molar-refractivity contribution in [1.82, 2.24) is 29.7 Å². The van der Waals surface area contributed by atoms with Crippen LogP contribution < -0.4 is 4.90 Å². The Labute approximate surface area is 226 Å². The Morgan fingerprint density at radius 3 is 2.38 bits per heavy atom. The first-order chi connectivity index (χ1) is 18.9. The van der Waals surface area contributed by atoms with Crippen LogP contribution in [0.2, 0.25) is 0 Å². The largest absolute Gasteiger partial charge is 0.378 e. The molecule has 0 aliphatic carbocycles. The van der Waals surface area contributed by atoms with Crippen LogP contribution in [0, 0.1) is 19.7 Å². The highest BCUT2D eigenvalue weighted by atomic mass is 19.1. The molecule has 1 fully saturated rings. The van der Waals surface area contributed by atoms with E-state index in [1.807, 2.05) is 61.3 Å². The average Bonchev–Trinajstić information content (AvgIpc) is 3.45. The lowest BCUT2D eigenvalue weighted by atomic mass is 10.0. The molecule has 39 heavy (non-hydrogen) atoms. The van der Waals surface area contributed by atoms with E-state index in [2.05, 4.69) is 23.8 Å². The maximum atomic E-state index is 15.7. The van der Waals surface area contributed by atoms with Crippen molar-refractivity contribution in [3.63, 3.8) is 0 Å². The quantitative estimate of drug-likeness (QED) is 0.288. The van der Waals surface area contributed by atoms with Gasteiger partial charge in [-0.3, -0.25) is 4.68 Å². The molecule has 0 saturated carbocycles. The Hall–Kier alpha value is -4.24. The normalized spacial score (nSPS) is 13.9. The van der Waals surface area contributed by atoms with Crippen LogP contribution in [0.5, 0.6) is 0 Å². The SMILES string of the molecule is Cc1nc2nc(-c3cccc(-c4cnn(C(C)C)c4)c3)nc(-c3ccc(N4CCOCC4)cc3F)c2nc1C. The Bertz CT molecular complexity index is 1670. The predicted octanol–water partition coefficient (Wildman–Crippen LogP) is 5.79. The summed E-state index contributed by atoms with van der Waals surface area (Å²) in [5, 5.41) is 4.47. The summed E-state index contributed by atoms with van der Waals surface area (Å²) >= 11 is 0. The molecule has 3 aromatic heterocycles. The van der Waals surface area contributed by atoms with Crippen molar-refractivity contribution in [3.8, 4) is 33.8 Å². The maximum Gasteiger partial charge on any atom is 0.182 e. The highest BCUT2D eigenvalue weighted by molar-refractivity contribution is 5.89. The van der Waals surface area contributed by atoms with Crippen LogP contribution in [0.3, 0.4) is 0 Å². The van der Waals surface area contributed by atoms with Crippen molar-refractivity contribution in [2.75, 3.05) is 31.2 Å². The van der Waals surface area contributed by atoms with Crippen LogP contribution in [-0.4, -0.2) is 56.0 Å². The molecule has 0 N–H and O–H groups in total. The summed E-state index contributed by atoms with van der Waals surface area (Å²) in [6.45, 7) is 10.7. The Morgan fingerprint density at radius 2 is 1.64 bits per heavy atom. The van der Waals surface area contributed by atoms with Crippen molar-refractivity contribution >= 4 is 16.9 Å². The van der Waals surface area contributed by atoms with Gasteiger partial charge < -0.3 is 9.64 Å². The molecule has 0 amide bonds. The van der Waals surface area contributed by atoms with E-state index in [1.54, 1.807) is 12.1 Å². The summed E-state index contributed by atoms with van der Waals surface area (Å²) < 4.78 is 23.1. The summed E-state index contributed by atoms with van der Waals surface area (Å²) in [5.41, 5.74) is 6.87. The van der Waals surface area contributed by atoms with Crippen LogP contribution in [0.4, 0.5) is 10.1 Å². The summed E-state index contributed by atoms with van der Waals surface area (Å²) in [6.07, 6.45) is 3.88. The molecule has 0 bridgehead atoms. The minimum absolute atomic E-state index is 0.267. The van der Waals surface area contributed by atoms with Gasteiger partial charge in [-0.15, -0.1) is 0 Å². The van der Waals surface area contributed by atoms with E-state index in [0.29, 0.717) is 41.5 Å². The van der Waals surface area contributed by atoms with Crippen LogP contribution in [0.15, 0.2) is 54.9 Å². The van der Waals surface area contributed by atoms with Gasteiger partial charge in [0.05, 0.1) is 30.8 Å². The van der Waals surface area contributed by atoms with E-state index in [4.69, 9.17) is 24.7 Å². The first-order valence-corrected chi connectivity index (χ1v) is 13.2. The Morgan fingerprint density at radius 1 is 0.872 bits per heavy atom. The summed E-state index contributed by atoms with van der Waals surface area (Å²) in [5.74, 6) is 0.102. The van der Waals surface area contributed by atoms with Gasteiger partial charge in [-0.1, -0.05) is 18.2 Å². The number of nitrogens with zero attached hydrogens (tertiary/aromatic N) is 7. The highest BCUT2D eigenvalue weighted by Gasteiger charge is 2.20. The lowest BCUT2D eigenvalue weighted by Crippen LogP contribution is -2.36. The molecule has 5 aromatic rings. The lowest BCUT2D eigenvalue weighted by molar-refractivity contribution is 0.122. The molecule has 8 nitrogen and oxygen atoms in total. The summed E-state index contributed by atoms with van der Waals surface area (Å²) in [6, 6.07) is 13.5. The Balaban J connectivity index is 1.47. The van der Waals surface area contributed by atoms with Gasteiger partial charge in [0.1, 0.15) is 17.0 Å². The fourth-order valence-corrected chi connectivity index (χ4v) is 4.75. The third kappa shape index (κ3) is 4.85. The number of anilines is 1. The van der Waals surface area contributed by atoms with Crippen molar-refractivity contribution < 1.29 is 9.13 Å². The second-order valence-corrected chi connectivity index (χ2v) is 10.1. The maximum absolute atomic E-state index is 15.7. The predicted molar refractivity (Wildman–Crippen MR) is 150 cm³/mol. The number of morpholine rings is 1. The van der Waals surface area contributed by atoms with Crippen molar-refractivity contribution in [3.05, 3.63) is 72.1 Å². The zero-order valence-corrected chi connectivity index (χ0v) is 22.5. The standard InChI is InChI=1S/C30H30FN7O/c1-18(2)38-17-23(16-32-38)21-6-5-7-22(14-21)29-35-27(28-30(36-29)34-20(4)19(3)33-28)25-9-8-24(15-26(25)31)37-10-12-39-13-11-37/h5-9,14-18H,10-13H2,1-4H3. The number of rotatable bonds is 5. The monoisotopic (exact) mass is 523 g/mol. The molecule has 0 atom stereocenters. The molecule has 198 valence electrons. The van der Waals surface area contributed by atoms with Gasteiger partial charge in [0, 0.05) is 47.7 Å². The van der Waals surface area contributed by atoms with Crippen molar-refractivity contribution in [1.29, 1.82) is 0 Å². The molecule has 1 saturated heterocycles. The summed E-state index contributed by atoms with van der Waals surface area (Å²) in [4.78, 5) is 21.2. The van der Waals surface area contributed by atoms with Crippen LogP contribution in [0.25, 0.3) is 44.9 Å². The summed E-state index contributed by atoms with van der Waals surface area (Å²) in [7, 11) is 0. The van der Waals surface area contributed by atoms with Crippen molar-refractivity contribution in [2.45, 2.75) is 33.7 Å². The Kier molecular flexibility index (Phi) is 6.52. The molecule has 4 heterocycles. The smallest absolute Gasteiger partial charge is 0.182 e. The van der Waals surface area contributed by atoms with Crippen LogP contribution in [-0.2, 0) is 4.74 Å². The fraction of sp³-hybridized carbons (Fsp3) is 0.300. The number of aryl methyl sites for hydroxylation is 2. The van der Waals surface area contributed by atoms with E-state index in [-0.39, 0.29) is 11.9 Å². The van der Waals surface area contributed by atoms with Crippen LogP contribution in [0.1, 0.15) is 31.3 Å².